The van der Waals surface area contributed by atoms with Gasteiger partial charge in [-0.15, -0.1) is 0 Å². The second kappa shape index (κ2) is 7.06. The van der Waals surface area contributed by atoms with Crippen LogP contribution in [0.15, 0.2) is 39.8 Å². The predicted octanol–water partition coefficient (Wildman–Crippen LogP) is 2.33. The Labute approximate surface area is 154 Å². The smallest absolute Gasteiger partial charge is 0.343 e. The zero-order valence-corrected chi connectivity index (χ0v) is 15.4. The maximum absolute atomic E-state index is 12.6. The van der Waals surface area contributed by atoms with Crippen LogP contribution in [0.3, 0.4) is 0 Å². The minimum Gasteiger partial charge on any atom is -0.449 e. The first kappa shape index (κ1) is 18.4. The van der Waals surface area contributed by atoms with Crippen molar-refractivity contribution in [2.45, 2.75) is 26.9 Å². The summed E-state index contributed by atoms with van der Waals surface area (Å²) in [5.74, 6) is -1.09. The van der Waals surface area contributed by atoms with E-state index in [-0.39, 0.29) is 22.4 Å². The third kappa shape index (κ3) is 3.59. The van der Waals surface area contributed by atoms with Crippen LogP contribution >= 0.6 is 0 Å². The van der Waals surface area contributed by atoms with E-state index in [1.807, 2.05) is 19.1 Å². The number of aryl methyl sites for hydroxylation is 3. The average molecular weight is 369 g/mol. The molecule has 0 aliphatic rings. The monoisotopic (exact) mass is 369 g/mol. The van der Waals surface area contributed by atoms with Gasteiger partial charge in [-0.05, 0) is 38.5 Å². The van der Waals surface area contributed by atoms with Crippen molar-refractivity contribution in [3.05, 3.63) is 57.8 Å². The first-order chi connectivity index (χ1) is 12.8. The number of fused-ring (bicyclic) bond motifs is 1. The van der Waals surface area contributed by atoms with Crippen molar-refractivity contribution >= 4 is 28.7 Å². The molecule has 0 saturated heterocycles. The lowest BCUT2D eigenvalue weighted by Crippen LogP contribution is -2.30. The van der Waals surface area contributed by atoms with E-state index >= 15 is 0 Å². The lowest BCUT2D eigenvalue weighted by Gasteiger charge is -2.13. The highest BCUT2D eigenvalue weighted by atomic mass is 16.5. The molecule has 0 aliphatic carbocycles. The molecule has 8 nitrogen and oxygen atoms in total. The van der Waals surface area contributed by atoms with Gasteiger partial charge >= 0.3 is 5.97 Å². The van der Waals surface area contributed by atoms with Crippen LogP contribution in [-0.2, 0) is 16.6 Å². The van der Waals surface area contributed by atoms with Gasteiger partial charge in [0.15, 0.2) is 6.10 Å². The highest BCUT2D eigenvalue weighted by Crippen LogP contribution is 2.22. The molecule has 0 spiro atoms. The molecule has 1 atom stereocenters. The molecule has 3 aromatic rings. The van der Waals surface area contributed by atoms with Crippen LogP contribution in [0, 0.1) is 13.8 Å². The Morgan fingerprint density at radius 2 is 2.04 bits per heavy atom. The molecule has 3 rings (SSSR count). The molecular weight excluding hydrogens is 350 g/mol. The van der Waals surface area contributed by atoms with E-state index in [4.69, 9.17) is 9.15 Å². The van der Waals surface area contributed by atoms with E-state index in [1.165, 1.54) is 31.8 Å². The van der Waals surface area contributed by atoms with Crippen molar-refractivity contribution in [1.82, 2.24) is 9.55 Å². The zero-order valence-electron chi connectivity index (χ0n) is 15.4. The van der Waals surface area contributed by atoms with Crippen LogP contribution in [0.4, 0.5) is 5.69 Å². The minimum absolute atomic E-state index is 0.0195. The summed E-state index contributed by atoms with van der Waals surface area (Å²) in [6, 6.07) is 7.25. The Bertz CT molecular complexity index is 1100. The van der Waals surface area contributed by atoms with Gasteiger partial charge in [0, 0.05) is 12.7 Å². The summed E-state index contributed by atoms with van der Waals surface area (Å²) in [6.07, 6.45) is 0.239. The Morgan fingerprint density at radius 1 is 1.30 bits per heavy atom. The number of carbonyl (C=O) groups excluding carboxylic acids is 2. The summed E-state index contributed by atoms with van der Waals surface area (Å²) in [4.78, 5) is 41.2. The molecule has 27 heavy (non-hydrogen) atoms. The molecule has 1 unspecified atom stereocenters. The van der Waals surface area contributed by atoms with Gasteiger partial charge < -0.3 is 19.0 Å². The van der Waals surface area contributed by atoms with E-state index in [1.54, 1.807) is 12.1 Å². The highest BCUT2D eigenvalue weighted by molar-refractivity contribution is 6.04. The molecule has 1 aromatic carbocycles. The van der Waals surface area contributed by atoms with Gasteiger partial charge in [0.1, 0.15) is 23.0 Å². The standard InChI is InChI=1S/C19H19N3O5/c1-10-6-5-7-13(8-10)21-16(23)12(3)27-19(25)14-11(2)26-17-15(14)18(24)22(4)9-20-17/h5-9,12H,1-4H3,(H,21,23). The summed E-state index contributed by atoms with van der Waals surface area (Å²) < 4.78 is 11.9. The van der Waals surface area contributed by atoms with Crippen molar-refractivity contribution in [3.8, 4) is 0 Å². The van der Waals surface area contributed by atoms with Crippen molar-refractivity contribution in [2.75, 3.05) is 5.32 Å². The zero-order chi connectivity index (χ0) is 19.7. The number of anilines is 1. The largest absolute Gasteiger partial charge is 0.449 e. The summed E-state index contributed by atoms with van der Waals surface area (Å²) in [5.41, 5.74) is 1.20. The van der Waals surface area contributed by atoms with Crippen molar-refractivity contribution in [1.29, 1.82) is 0 Å². The maximum Gasteiger partial charge on any atom is 0.343 e. The number of benzene rings is 1. The van der Waals surface area contributed by atoms with Crippen LogP contribution in [-0.4, -0.2) is 27.5 Å². The van der Waals surface area contributed by atoms with E-state index in [9.17, 15) is 14.4 Å². The van der Waals surface area contributed by atoms with E-state index in [0.717, 1.165) is 5.56 Å². The van der Waals surface area contributed by atoms with Crippen LogP contribution in [0.25, 0.3) is 11.1 Å². The fourth-order valence-electron chi connectivity index (χ4n) is 2.67. The average Bonchev–Trinajstić information content (AvgIpc) is 2.95. The first-order valence-electron chi connectivity index (χ1n) is 8.31. The third-order valence-corrected chi connectivity index (χ3v) is 4.09. The molecule has 1 N–H and O–H groups in total. The number of ether oxygens (including phenoxy) is 1. The van der Waals surface area contributed by atoms with Gasteiger partial charge in [-0.25, -0.2) is 9.78 Å². The number of nitrogens with zero attached hydrogens (tertiary/aromatic N) is 2. The summed E-state index contributed by atoms with van der Waals surface area (Å²) in [5, 5.41) is 2.72. The van der Waals surface area contributed by atoms with Gasteiger partial charge in [0.2, 0.25) is 5.71 Å². The lowest BCUT2D eigenvalue weighted by atomic mass is 10.2. The Hall–Kier alpha value is -3.42. The molecule has 0 radical (unpaired) electrons. The first-order valence-corrected chi connectivity index (χ1v) is 8.31. The molecule has 2 heterocycles. The molecule has 140 valence electrons. The Kier molecular flexibility index (Phi) is 4.81. The fraction of sp³-hybridized carbons (Fsp3) is 0.263. The molecule has 8 heteroatoms. The lowest BCUT2D eigenvalue weighted by molar-refractivity contribution is -0.123. The molecule has 0 aliphatic heterocycles. The number of furan rings is 1. The van der Waals surface area contributed by atoms with E-state index in [0.29, 0.717) is 5.69 Å². The molecule has 0 saturated carbocycles. The van der Waals surface area contributed by atoms with Gasteiger partial charge in [0.25, 0.3) is 11.5 Å². The fourth-order valence-corrected chi connectivity index (χ4v) is 2.67. The number of aromatic nitrogens is 2. The maximum atomic E-state index is 12.6. The van der Waals surface area contributed by atoms with Crippen LogP contribution in [0.1, 0.15) is 28.6 Å². The normalized spacial score (nSPS) is 12.0. The predicted molar refractivity (Wildman–Crippen MR) is 98.7 cm³/mol. The quantitative estimate of drug-likeness (QED) is 0.708. The van der Waals surface area contributed by atoms with Gasteiger partial charge in [-0.1, -0.05) is 12.1 Å². The number of carbonyl (C=O) groups is 2. The number of esters is 1. The van der Waals surface area contributed by atoms with Gasteiger partial charge in [0.05, 0.1) is 0 Å². The second-order valence-electron chi connectivity index (χ2n) is 6.28. The Balaban J connectivity index is 1.82. The van der Waals surface area contributed by atoms with Gasteiger partial charge in [-0.2, -0.15) is 0 Å². The summed E-state index contributed by atoms with van der Waals surface area (Å²) in [6.45, 7) is 4.90. The molecule has 0 bridgehead atoms. The van der Waals surface area contributed by atoms with Crippen LogP contribution in [0.5, 0.6) is 0 Å². The summed E-state index contributed by atoms with van der Waals surface area (Å²) >= 11 is 0. The highest BCUT2D eigenvalue weighted by Gasteiger charge is 2.27. The van der Waals surface area contributed by atoms with Crippen LogP contribution in [0.2, 0.25) is 0 Å². The van der Waals surface area contributed by atoms with Crippen molar-refractivity contribution in [3.63, 3.8) is 0 Å². The van der Waals surface area contributed by atoms with Crippen molar-refractivity contribution in [2.24, 2.45) is 7.05 Å². The SMILES string of the molecule is Cc1cccc(NC(=O)C(C)OC(=O)c2c(C)oc3ncn(C)c(=O)c23)c1. The molecular formula is C19H19N3O5. The van der Waals surface area contributed by atoms with Gasteiger partial charge in [-0.3, -0.25) is 9.59 Å². The number of hydrogen-bond acceptors (Lipinski definition) is 6. The van der Waals surface area contributed by atoms with Crippen molar-refractivity contribution < 1.29 is 18.7 Å². The van der Waals surface area contributed by atoms with E-state index in [2.05, 4.69) is 10.3 Å². The molecule has 0 fully saturated rings. The molecule has 1 amide bonds. The topological polar surface area (TPSA) is 103 Å². The van der Waals surface area contributed by atoms with Crippen LogP contribution < -0.4 is 10.9 Å². The summed E-state index contributed by atoms with van der Waals surface area (Å²) in [7, 11) is 1.52. The molecule has 2 aromatic heterocycles. The number of rotatable bonds is 4. The number of hydrogen-bond donors (Lipinski definition) is 1. The third-order valence-electron chi connectivity index (χ3n) is 4.09. The van der Waals surface area contributed by atoms with E-state index < -0.39 is 23.5 Å². The minimum atomic E-state index is -1.07. The number of amides is 1. The second-order valence-corrected chi connectivity index (χ2v) is 6.28. The number of nitrogens with one attached hydrogen (secondary N) is 1. The Morgan fingerprint density at radius 3 is 2.74 bits per heavy atom.